The minimum atomic E-state index is 0.643. The number of benzene rings is 1. The number of rotatable bonds is 8. The van der Waals surface area contributed by atoms with E-state index in [1.807, 2.05) is 0 Å². The van der Waals surface area contributed by atoms with Gasteiger partial charge in [-0.15, -0.1) is 0 Å². The molecule has 0 spiro atoms. The predicted molar refractivity (Wildman–Crippen MR) is 102 cm³/mol. The quantitative estimate of drug-likeness (QED) is 0.790. The Morgan fingerprint density at radius 2 is 1.75 bits per heavy atom. The molecule has 0 bridgehead atoms. The zero-order valence-corrected chi connectivity index (χ0v) is 15.3. The van der Waals surface area contributed by atoms with Crippen molar-refractivity contribution in [3.05, 3.63) is 35.4 Å². The maximum atomic E-state index is 5.82. The fraction of sp³-hybridized carbons (Fsp3) is 0.714. The van der Waals surface area contributed by atoms with Gasteiger partial charge in [0.1, 0.15) is 0 Å². The van der Waals surface area contributed by atoms with E-state index in [2.05, 4.69) is 34.1 Å². The summed E-state index contributed by atoms with van der Waals surface area (Å²) in [7, 11) is 0. The molecular formula is C21H35N3. The Kier molecular flexibility index (Phi) is 7.13. The van der Waals surface area contributed by atoms with Crippen molar-refractivity contribution in [2.45, 2.75) is 58.0 Å². The van der Waals surface area contributed by atoms with Crippen LogP contribution in [-0.2, 0) is 13.1 Å². The SMILES string of the molecule is NCc1cccc(CN(CCN2CCCC2)CC2CCCCC2)c1. The van der Waals surface area contributed by atoms with Crippen LogP contribution in [0.25, 0.3) is 0 Å². The Bertz CT molecular complexity index is 476. The summed E-state index contributed by atoms with van der Waals surface area (Å²) in [4.78, 5) is 5.36. The first-order valence-corrected chi connectivity index (χ1v) is 10.1. The van der Waals surface area contributed by atoms with Crippen molar-refractivity contribution < 1.29 is 0 Å². The number of likely N-dealkylation sites (tertiary alicyclic amines) is 1. The molecule has 1 heterocycles. The second-order valence-electron chi connectivity index (χ2n) is 7.81. The topological polar surface area (TPSA) is 32.5 Å². The van der Waals surface area contributed by atoms with Crippen LogP contribution < -0.4 is 5.73 Å². The van der Waals surface area contributed by atoms with E-state index in [9.17, 15) is 0 Å². The van der Waals surface area contributed by atoms with E-state index in [1.165, 1.54) is 88.8 Å². The third-order valence-electron chi connectivity index (χ3n) is 5.81. The molecule has 1 aliphatic heterocycles. The van der Waals surface area contributed by atoms with Crippen molar-refractivity contribution in [2.75, 3.05) is 32.7 Å². The van der Waals surface area contributed by atoms with E-state index < -0.39 is 0 Å². The molecule has 1 aliphatic carbocycles. The summed E-state index contributed by atoms with van der Waals surface area (Å²) in [5, 5.41) is 0. The zero-order valence-electron chi connectivity index (χ0n) is 15.3. The summed E-state index contributed by atoms with van der Waals surface area (Å²) in [6.45, 7) is 8.07. The van der Waals surface area contributed by atoms with Crippen molar-refractivity contribution in [1.29, 1.82) is 0 Å². The van der Waals surface area contributed by atoms with Crippen molar-refractivity contribution in [3.63, 3.8) is 0 Å². The molecule has 2 aliphatic rings. The van der Waals surface area contributed by atoms with Crippen LogP contribution in [0.3, 0.4) is 0 Å². The molecule has 1 saturated heterocycles. The summed E-state index contributed by atoms with van der Waals surface area (Å²) in [6, 6.07) is 8.86. The van der Waals surface area contributed by atoms with Crippen LogP contribution in [0.15, 0.2) is 24.3 Å². The highest BCUT2D eigenvalue weighted by Gasteiger charge is 2.19. The first-order valence-electron chi connectivity index (χ1n) is 10.1. The second-order valence-corrected chi connectivity index (χ2v) is 7.81. The largest absolute Gasteiger partial charge is 0.326 e. The van der Waals surface area contributed by atoms with Gasteiger partial charge in [0.25, 0.3) is 0 Å². The normalized spacial score (nSPS) is 20.1. The molecule has 0 unspecified atom stereocenters. The lowest BCUT2D eigenvalue weighted by molar-refractivity contribution is 0.172. The van der Waals surface area contributed by atoms with Gasteiger partial charge in [0, 0.05) is 32.7 Å². The van der Waals surface area contributed by atoms with Gasteiger partial charge in [-0.25, -0.2) is 0 Å². The third-order valence-corrected chi connectivity index (χ3v) is 5.81. The monoisotopic (exact) mass is 329 g/mol. The molecule has 0 amide bonds. The van der Waals surface area contributed by atoms with Crippen molar-refractivity contribution in [1.82, 2.24) is 9.80 Å². The van der Waals surface area contributed by atoms with Crippen LogP contribution >= 0.6 is 0 Å². The maximum absolute atomic E-state index is 5.82. The highest BCUT2D eigenvalue weighted by molar-refractivity contribution is 5.23. The summed E-state index contributed by atoms with van der Waals surface area (Å²) in [5.74, 6) is 0.912. The van der Waals surface area contributed by atoms with Crippen molar-refractivity contribution in [3.8, 4) is 0 Å². The van der Waals surface area contributed by atoms with E-state index in [-0.39, 0.29) is 0 Å². The number of nitrogens with zero attached hydrogens (tertiary/aromatic N) is 2. The fourth-order valence-corrected chi connectivity index (χ4v) is 4.37. The molecule has 1 aromatic rings. The molecule has 0 aromatic heterocycles. The van der Waals surface area contributed by atoms with Gasteiger partial charge in [-0.05, 0) is 55.8 Å². The van der Waals surface area contributed by atoms with Crippen LogP contribution in [0.1, 0.15) is 56.1 Å². The maximum Gasteiger partial charge on any atom is 0.0234 e. The lowest BCUT2D eigenvalue weighted by Gasteiger charge is -2.31. The van der Waals surface area contributed by atoms with Gasteiger partial charge in [-0.1, -0.05) is 43.5 Å². The first-order chi connectivity index (χ1) is 11.8. The standard InChI is InChI=1S/C21H35N3/c22-16-20-9-6-10-21(15-20)18-24(14-13-23-11-4-5-12-23)17-19-7-2-1-3-8-19/h6,9-10,15,19H,1-5,7-8,11-14,16-18,22H2. The van der Waals surface area contributed by atoms with E-state index >= 15 is 0 Å². The zero-order chi connectivity index (χ0) is 16.6. The molecule has 0 atom stereocenters. The van der Waals surface area contributed by atoms with Gasteiger partial charge < -0.3 is 10.6 Å². The van der Waals surface area contributed by atoms with Crippen molar-refractivity contribution >= 4 is 0 Å². The van der Waals surface area contributed by atoms with E-state index in [0.717, 1.165) is 12.5 Å². The minimum Gasteiger partial charge on any atom is -0.326 e. The van der Waals surface area contributed by atoms with Gasteiger partial charge >= 0.3 is 0 Å². The van der Waals surface area contributed by atoms with E-state index in [4.69, 9.17) is 5.73 Å². The molecule has 1 aromatic carbocycles. The average Bonchev–Trinajstić information content (AvgIpc) is 3.14. The first kappa shape index (κ1) is 17.9. The Morgan fingerprint density at radius 3 is 2.50 bits per heavy atom. The highest BCUT2D eigenvalue weighted by atomic mass is 15.2. The Balaban J connectivity index is 1.58. The average molecular weight is 330 g/mol. The van der Waals surface area contributed by atoms with Crippen LogP contribution in [-0.4, -0.2) is 42.5 Å². The van der Waals surface area contributed by atoms with Gasteiger partial charge in [0.2, 0.25) is 0 Å². The Labute approximate surface area is 148 Å². The van der Waals surface area contributed by atoms with Gasteiger partial charge in [-0.2, -0.15) is 0 Å². The summed E-state index contributed by atoms with van der Waals surface area (Å²) >= 11 is 0. The lowest BCUT2D eigenvalue weighted by atomic mass is 9.89. The third kappa shape index (κ3) is 5.58. The Morgan fingerprint density at radius 1 is 1.00 bits per heavy atom. The molecular weight excluding hydrogens is 294 g/mol. The molecule has 24 heavy (non-hydrogen) atoms. The van der Waals surface area contributed by atoms with E-state index in [0.29, 0.717) is 6.54 Å². The molecule has 2 N–H and O–H groups in total. The number of hydrogen-bond acceptors (Lipinski definition) is 3. The second kappa shape index (κ2) is 9.55. The number of nitrogens with two attached hydrogens (primary N) is 1. The van der Waals surface area contributed by atoms with Crippen molar-refractivity contribution in [2.24, 2.45) is 11.7 Å². The van der Waals surface area contributed by atoms with Crippen LogP contribution in [0.5, 0.6) is 0 Å². The van der Waals surface area contributed by atoms with E-state index in [1.54, 1.807) is 0 Å². The molecule has 0 radical (unpaired) electrons. The molecule has 3 rings (SSSR count). The van der Waals surface area contributed by atoms with Crippen LogP contribution in [0.4, 0.5) is 0 Å². The van der Waals surface area contributed by atoms with Crippen LogP contribution in [0.2, 0.25) is 0 Å². The Hall–Kier alpha value is -0.900. The van der Waals surface area contributed by atoms with Gasteiger partial charge in [0.15, 0.2) is 0 Å². The summed E-state index contributed by atoms with van der Waals surface area (Å²) < 4.78 is 0. The minimum absolute atomic E-state index is 0.643. The predicted octanol–water partition coefficient (Wildman–Crippen LogP) is 3.62. The summed E-state index contributed by atoms with van der Waals surface area (Å²) in [6.07, 6.45) is 9.97. The smallest absolute Gasteiger partial charge is 0.0234 e. The fourth-order valence-electron chi connectivity index (χ4n) is 4.37. The molecule has 2 fully saturated rings. The van der Waals surface area contributed by atoms with Gasteiger partial charge in [-0.3, -0.25) is 4.90 Å². The van der Waals surface area contributed by atoms with Gasteiger partial charge in [0.05, 0.1) is 0 Å². The summed E-state index contributed by atoms with van der Waals surface area (Å²) in [5.41, 5.74) is 8.50. The molecule has 1 saturated carbocycles. The number of hydrogen-bond donors (Lipinski definition) is 1. The molecule has 3 nitrogen and oxygen atoms in total. The highest BCUT2D eigenvalue weighted by Crippen LogP contribution is 2.25. The molecule has 134 valence electrons. The molecule has 3 heteroatoms. The van der Waals surface area contributed by atoms with Crippen LogP contribution in [0, 0.1) is 5.92 Å². The lowest BCUT2D eigenvalue weighted by Crippen LogP contribution is -2.36.